The van der Waals surface area contributed by atoms with Gasteiger partial charge in [0.1, 0.15) is 5.75 Å². The number of hydrogen-bond donors (Lipinski definition) is 1. The zero-order valence-corrected chi connectivity index (χ0v) is 12.0. The minimum Gasteiger partial charge on any atom is -0.438 e. The fourth-order valence-corrected chi connectivity index (χ4v) is 2.34. The quantitative estimate of drug-likeness (QED) is 0.924. The first-order valence-corrected chi connectivity index (χ1v) is 6.40. The van der Waals surface area contributed by atoms with Crippen LogP contribution in [-0.4, -0.2) is 10.1 Å². The van der Waals surface area contributed by atoms with Crippen molar-refractivity contribution in [3.63, 3.8) is 0 Å². The van der Waals surface area contributed by atoms with Crippen molar-refractivity contribution in [2.75, 3.05) is 0 Å². The Balaban J connectivity index is 2.39. The smallest absolute Gasteiger partial charge is 0.219 e. The lowest BCUT2D eigenvalue weighted by Gasteiger charge is -2.12. The van der Waals surface area contributed by atoms with E-state index in [0.717, 1.165) is 28.1 Å². The molecule has 1 aromatic carbocycles. The molecule has 0 aliphatic rings. The maximum Gasteiger partial charge on any atom is 0.219 e. The summed E-state index contributed by atoms with van der Waals surface area (Å²) >= 11 is 5.99. The van der Waals surface area contributed by atoms with Crippen molar-refractivity contribution in [2.45, 2.75) is 27.4 Å². The Morgan fingerprint density at radius 3 is 2.32 bits per heavy atom. The van der Waals surface area contributed by atoms with Crippen molar-refractivity contribution in [3.05, 3.63) is 51.7 Å². The third-order valence-electron chi connectivity index (χ3n) is 2.80. The van der Waals surface area contributed by atoms with Crippen LogP contribution >= 0.6 is 11.6 Å². The normalized spacial score (nSPS) is 10.6. The van der Waals surface area contributed by atoms with E-state index in [1.165, 1.54) is 0 Å². The van der Waals surface area contributed by atoms with Gasteiger partial charge in [0.25, 0.3) is 0 Å². The molecule has 0 unspecified atom stereocenters. The van der Waals surface area contributed by atoms with E-state index < -0.39 is 0 Å². The van der Waals surface area contributed by atoms with Gasteiger partial charge in [-0.3, -0.25) is 0 Å². The van der Waals surface area contributed by atoms with E-state index in [-0.39, 0.29) is 6.61 Å². The molecule has 19 heavy (non-hydrogen) atoms. The zero-order valence-electron chi connectivity index (χ0n) is 11.2. The van der Waals surface area contributed by atoms with E-state index in [1.54, 1.807) is 6.07 Å². The summed E-state index contributed by atoms with van der Waals surface area (Å²) in [6.07, 6.45) is 0. The molecule has 0 amide bonds. The molecule has 1 aromatic heterocycles. The number of hydrogen-bond acceptors (Lipinski definition) is 3. The predicted molar refractivity (Wildman–Crippen MR) is 75.9 cm³/mol. The van der Waals surface area contributed by atoms with Gasteiger partial charge in [-0.25, -0.2) is 4.98 Å². The molecule has 0 aliphatic carbocycles. The van der Waals surface area contributed by atoms with Crippen molar-refractivity contribution < 1.29 is 9.84 Å². The standard InChI is InChI=1S/C15H16ClNO2/c1-9-4-13(16)5-10(2)15(9)19-14-7-12(8-18)6-11(3)17-14/h4-7,18H,8H2,1-3H3. The summed E-state index contributed by atoms with van der Waals surface area (Å²) in [4.78, 5) is 4.32. The van der Waals surface area contributed by atoms with Gasteiger partial charge in [-0.15, -0.1) is 0 Å². The van der Waals surface area contributed by atoms with Crippen LogP contribution in [0.2, 0.25) is 5.02 Å². The Bertz CT molecular complexity index is 588. The molecule has 0 aliphatic heterocycles. The second-order valence-corrected chi connectivity index (χ2v) is 5.02. The van der Waals surface area contributed by atoms with Crippen LogP contribution in [0.5, 0.6) is 11.6 Å². The van der Waals surface area contributed by atoms with Crippen molar-refractivity contribution >= 4 is 11.6 Å². The molecule has 0 bridgehead atoms. The lowest BCUT2D eigenvalue weighted by atomic mass is 10.1. The summed E-state index contributed by atoms with van der Waals surface area (Å²) in [6, 6.07) is 7.27. The van der Waals surface area contributed by atoms with E-state index in [1.807, 2.05) is 39.0 Å². The highest BCUT2D eigenvalue weighted by Crippen LogP contribution is 2.31. The van der Waals surface area contributed by atoms with Crippen molar-refractivity contribution in [2.24, 2.45) is 0 Å². The van der Waals surface area contributed by atoms with E-state index in [2.05, 4.69) is 4.98 Å². The number of ether oxygens (including phenoxy) is 1. The second kappa shape index (κ2) is 5.59. The number of aryl methyl sites for hydroxylation is 3. The van der Waals surface area contributed by atoms with E-state index in [0.29, 0.717) is 10.9 Å². The Morgan fingerprint density at radius 1 is 1.11 bits per heavy atom. The molecule has 0 saturated heterocycles. The maximum atomic E-state index is 9.20. The highest BCUT2D eigenvalue weighted by Gasteiger charge is 2.09. The van der Waals surface area contributed by atoms with Gasteiger partial charge in [-0.2, -0.15) is 0 Å². The third kappa shape index (κ3) is 3.25. The summed E-state index contributed by atoms with van der Waals surface area (Å²) in [7, 11) is 0. The first-order chi connectivity index (χ1) is 8.99. The topological polar surface area (TPSA) is 42.4 Å². The molecule has 4 heteroatoms. The summed E-state index contributed by atoms with van der Waals surface area (Å²) in [5.41, 5.74) is 3.51. The Hall–Kier alpha value is -1.58. The SMILES string of the molecule is Cc1cc(CO)cc(Oc2c(C)cc(Cl)cc2C)n1. The van der Waals surface area contributed by atoms with Crippen LogP contribution < -0.4 is 4.74 Å². The van der Waals surface area contributed by atoms with Crippen molar-refractivity contribution in [1.29, 1.82) is 0 Å². The highest BCUT2D eigenvalue weighted by molar-refractivity contribution is 6.30. The molecule has 3 nitrogen and oxygen atoms in total. The number of pyridine rings is 1. The van der Waals surface area contributed by atoms with Crippen LogP contribution in [0.1, 0.15) is 22.4 Å². The van der Waals surface area contributed by atoms with Gasteiger partial charge in [0.05, 0.1) is 6.61 Å². The number of aromatic nitrogens is 1. The maximum absolute atomic E-state index is 9.20. The number of aliphatic hydroxyl groups is 1. The molecule has 0 spiro atoms. The van der Waals surface area contributed by atoms with Crippen LogP contribution in [0.25, 0.3) is 0 Å². The molecule has 2 aromatic rings. The van der Waals surface area contributed by atoms with Crippen molar-refractivity contribution in [3.8, 4) is 11.6 Å². The fourth-order valence-electron chi connectivity index (χ4n) is 2.01. The molecular weight excluding hydrogens is 262 g/mol. The van der Waals surface area contributed by atoms with Gasteiger partial charge in [0.2, 0.25) is 5.88 Å². The van der Waals surface area contributed by atoms with Crippen LogP contribution in [0.3, 0.4) is 0 Å². The fraction of sp³-hybridized carbons (Fsp3) is 0.267. The van der Waals surface area contributed by atoms with Gasteiger partial charge in [0, 0.05) is 16.8 Å². The Kier molecular flexibility index (Phi) is 4.08. The minimum absolute atomic E-state index is 0.0295. The summed E-state index contributed by atoms with van der Waals surface area (Å²) in [6.45, 7) is 5.72. The third-order valence-corrected chi connectivity index (χ3v) is 3.02. The largest absolute Gasteiger partial charge is 0.438 e. The average Bonchev–Trinajstić information content (AvgIpc) is 2.33. The van der Waals surface area contributed by atoms with E-state index in [9.17, 15) is 5.11 Å². The van der Waals surface area contributed by atoms with Gasteiger partial charge in [0.15, 0.2) is 0 Å². The average molecular weight is 278 g/mol. The Morgan fingerprint density at radius 2 is 1.74 bits per heavy atom. The van der Waals surface area contributed by atoms with Crippen LogP contribution in [0.4, 0.5) is 0 Å². The number of benzene rings is 1. The van der Waals surface area contributed by atoms with Gasteiger partial charge in [-0.1, -0.05) is 11.6 Å². The summed E-state index contributed by atoms with van der Waals surface area (Å²) in [5, 5.41) is 9.89. The molecule has 1 N–H and O–H groups in total. The second-order valence-electron chi connectivity index (χ2n) is 4.58. The van der Waals surface area contributed by atoms with Gasteiger partial charge < -0.3 is 9.84 Å². The van der Waals surface area contributed by atoms with Crippen LogP contribution in [-0.2, 0) is 6.61 Å². The molecule has 1 heterocycles. The van der Waals surface area contributed by atoms with Gasteiger partial charge in [-0.05, 0) is 55.7 Å². The van der Waals surface area contributed by atoms with E-state index >= 15 is 0 Å². The Labute approximate surface area is 117 Å². The first kappa shape index (κ1) is 13.8. The monoisotopic (exact) mass is 277 g/mol. The molecule has 0 saturated carbocycles. The number of nitrogens with zero attached hydrogens (tertiary/aromatic N) is 1. The first-order valence-electron chi connectivity index (χ1n) is 6.02. The molecule has 100 valence electrons. The number of aliphatic hydroxyl groups excluding tert-OH is 1. The summed E-state index contributed by atoms with van der Waals surface area (Å²) < 4.78 is 5.84. The predicted octanol–water partition coefficient (Wildman–Crippen LogP) is 3.94. The highest BCUT2D eigenvalue weighted by atomic mass is 35.5. The lowest BCUT2D eigenvalue weighted by Crippen LogP contribution is -1.96. The summed E-state index contributed by atoms with van der Waals surface area (Å²) in [5.74, 6) is 1.24. The van der Waals surface area contributed by atoms with E-state index in [4.69, 9.17) is 16.3 Å². The molecule has 0 radical (unpaired) electrons. The van der Waals surface area contributed by atoms with Gasteiger partial charge >= 0.3 is 0 Å². The zero-order chi connectivity index (χ0) is 14.0. The molecule has 0 fully saturated rings. The minimum atomic E-state index is -0.0295. The number of rotatable bonds is 3. The molecular formula is C15H16ClNO2. The molecule has 2 rings (SSSR count). The molecule has 0 atom stereocenters. The lowest BCUT2D eigenvalue weighted by molar-refractivity contribution is 0.281. The van der Waals surface area contributed by atoms with Crippen LogP contribution in [0, 0.1) is 20.8 Å². The number of halogens is 1. The van der Waals surface area contributed by atoms with Crippen LogP contribution in [0.15, 0.2) is 24.3 Å². The van der Waals surface area contributed by atoms with Crippen molar-refractivity contribution in [1.82, 2.24) is 4.98 Å².